The number of rotatable bonds is 9. The minimum absolute atomic E-state index is 0.115. The number of hydrogen-bond donors (Lipinski definition) is 2. The molecule has 1 fully saturated rings. The molecule has 0 saturated carbocycles. The Morgan fingerprint density at radius 2 is 2.17 bits per heavy atom. The second-order valence-corrected chi connectivity index (χ2v) is 7.12. The number of nitrogens with one attached hydrogen (secondary N) is 2. The van der Waals surface area contributed by atoms with Crippen LogP contribution in [0.15, 0.2) is 0 Å². The largest absolute Gasteiger partial charge is 0.380 e. The van der Waals surface area contributed by atoms with Crippen molar-refractivity contribution in [1.29, 1.82) is 0 Å². The van der Waals surface area contributed by atoms with Crippen LogP contribution in [0.4, 0.5) is 0 Å². The highest BCUT2D eigenvalue weighted by Crippen LogP contribution is 2.06. The smallest absolute Gasteiger partial charge is 0.213 e. The monoisotopic (exact) mass is 278 g/mol. The molecule has 2 N–H and O–H groups in total. The van der Waals surface area contributed by atoms with E-state index in [1.54, 1.807) is 0 Å². The summed E-state index contributed by atoms with van der Waals surface area (Å²) in [6.45, 7) is 6.72. The van der Waals surface area contributed by atoms with E-state index in [1.165, 1.54) is 0 Å². The predicted molar refractivity (Wildman–Crippen MR) is 73.1 cm³/mol. The first-order valence-corrected chi connectivity index (χ1v) is 8.43. The SMILES string of the molecule is CC(C)CCOCCNS(=O)(=O)CC1CCCN1. The van der Waals surface area contributed by atoms with Crippen molar-refractivity contribution in [2.75, 3.05) is 32.1 Å². The van der Waals surface area contributed by atoms with Gasteiger partial charge >= 0.3 is 0 Å². The van der Waals surface area contributed by atoms with Gasteiger partial charge in [-0.3, -0.25) is 0 Å². The Balaban J connectivity index is 2.06. The quantitative estimate of drug-likeness (QED) is 0.610. The van der Waals surface area contributed by atoms with Gasteiger partial charge in [0.1, 0.15) is 0 Å². The van der Waals surface area contributed by atoms with E-state index in [1.807, 2.05) is 0 Å². The van der Waals surface area contributed by atoms with Gasteiger partial charge in [-0.1, -0.05) is 13.8 Å². The van der Waals surface area contributed by atoms with E-state index < -0.39 is 10.0 Å². The zero-order valence-corrected chi connectivity index (χ0v) is 12.3. The van der Waals surface area contributed by atoms with Gasteiger partial charge in [-0.25, -0.2) is 13.1 Å². The molecule has 1 unspecified atom stereocenters. The minimum atomic E-state index is -3.16. The molecule has 0 aliphatic carbocycles. The first-order valence-electron chi connectivity index (χ1n) is 6.78. The Labute approximate surface area is 111 Å². The minimum Gasteiger partial charge on any atom is -0.380 e. The van der Waals surface area contributed by atoms with Gasteiger partial charge in [0.25, 0.3) is 0 Å². The van der Waals surface area contributed by atoms with Crippen molar-refractivity contribution in [3.63, 3.8) is 0 Å². The van der Waals surface area contributed by atoms with E-state index in [-0.39, 0.29) is 11.8 Å². The van der Waals surface area contributed by atoms with Crippen LogP contribution < -0.4 is 10.0 Å². The molecule has 18 heavy (non-hydrogen) atoms. The fourth-order valence-corrected chi connectivity index (χ4v) is 3.24. The Hall–Kier alpha value is -0.170. The molecule has 0 bridgehead atoms. The molecule has 1 aliphatic heterocycles. The Kier molecular flexibility index (Phi) is 7.14. The number of ether oxygens (including phenoxy) is 1. The summed E-state index contributed by atoms with van der Waals surface area (Å²) in [5.41, 5.74) is 0. The van der Waals surface area contributed by atoms with Gasteiger partial charge in [0, 0.05) is 19.2 Å². The van der Waals surface area contributed by atoms with Crippen LogP contribution in [0.1, 0.15) is 33.1 Å². The Bertz CT molecular complexity index is 311. The van der Waals surface area contributed by atoms with Gasteiger partial charge in [0.15, 0.2) is 0 Å². The molecule has 1 aliphatic rings. The molecule has 1 rings (SSSR count). The van der Waals surface area contributed by atoms with E-state index in [0.717, 1.165) is 25.8 Å². The summed E-state index contributed by atoms with van der Waals surface area (Å²) in [5.74, 6) is 0.800. The van der Waals surface area contributed by atoms with Gasteiger partial charge in [-0.05, 0) is 31.7 Å². The van der Waals surface area contributed by atoms with Crippen LogP contribution >= 0.6 is 0 Å². The van der Waals surface area contributed by atoms with Crippen molar-refractivity contribution in [3.8, 4) is 0 Å². The molecule has 0 aromatic heterocycles. The van der Waals surface area contributed by atoms with Crippen molar-refractivity contribution in [1.82, 2.24) is 10.0 Å². The lowest BCUT2D eigenvalue weighted by Crippen LogP contribution is -2.37. The van der Waals surface area contributed by atoms with Gasteiger partial charge < -0.3 is 10.1 Å². The number of hydrogen-bond acceptors (Lipinski definition) is 4. The average Bonchev–Trinajstić information content (AvgIpc) is 2.74. The van der Waals surface area contributed by atoms with Crippen LogP contribution in [0.25, 0.3) is 0 Å². The molecule has 1 saturated heterocycles. The third-order valence-electron chi connectivity index (χ3n) is 2.99. The summed E-state index contributed by atoms with van der Waals surface area (Å²) in [6.07, 6.45) is 3.03. The highest BCUT2D eigenvalue weighted by Gasteiger charge is 2.21. The van der Waals surface area contributed by atoms with Crippen molar-refractivity contribution in [3.05, 3.63) is 0 Å². The summed E-state index contributed by atoms with van der Waals surface area (Å²) in [4.78, 5) is 0. The third-order valence-corrected chi connectivity index (χ3v) is 4.48. The lowest BCUT2D eigenvalue weighted by molar-refractivity contribution is 0.128. The van der Waals surface area contributed by atoms with Gasteiger partial charge in [0.2, 0.25) is 10.0 Å². The molecule has 108 valence electrons. The van der Waals surface area contributed by atoms with E-state index in [4.69, 9.17) is 4.74 Å². The first kappa shape index (κ1) is 15.9. The van der Waals surface area contributed by atoms with Crippen LogP contribution in [0.5, 0.6) is 0 Å². The fourth-order valence-electron chi connectivity index (χ4n) is 1.91. The van der Waals surface area contributed by atoms with Crippen LogP contribution in [0.2, 0.25) is 0 Å². The molecule has 0 spiro atoms. The van der Waals surface area contributed by atoms with Crippen LogP contribution in [-0.2, 0) is 14.8 Å². The Morgan fingerprint density at radius 3 is 2.78 bits per heavy atom. The van der Waals surface area contributed by atoms with Crippen molar-refractivity contribution in [2.24, 2.45) is 5.92 Å². The third kappa shape index (κ3) is 7.31. The highest BCUT2D eigenvalue weighted by molar-refractivity contribution is 7.89. The molecule has 0 aromatic rings. The molecule has 1 atom stereocenters. The maximum absolute atomic E-state index is 11.7. The molecular weight excluding hydrogens is 252 g/mol. The molecule has 6 heteroatoms. The molecular formula is C12H26N2O3S. The van der Waals surface area contributed by atoms with E-state index in [0.29, 0.717) is 25.7 Å². The van der Waals surface area contributed by atoms with Crippen LogP contribution in [0.3, 0.4) is 0 Å². The van der Waals surface area contributed by atoms with Crippen molar-refractivity contribution in [2.45, 2.75) is 39.2 Å². The molecule has 0 aromatic carbocycles. The zero-order chi connectivity index (χ0) is 13.4. The van der Waals surface area contributed by atoms with Crippen LogP contribution in [0, 0.1) is 5.92 Å². The summed E-state index contributed by atoms with van der Waals surface area (Å²) in [5, 5.41) is 3.19. The molecule has 5 nitrogen and oxygen atoms in total. The number of sulfonamides is 1. The summed E-state index contributed by atoms with van der Waals surface area (Å²) in [7, 11) is -3.16. The van der Waals surface area contributed by atoms with E-state index in [2.05, 4.69) is 23.9 Å². The lowest BCUT2D eigenvalue weighted by atomic mass is 10.1. The predicted octanol–water partition coefficient (Wildman–Crippen LogP) is 0.721. The van der Waals surface area contributed by atoms with Gasteiger partial charge in [0.05, 0.1) is 12.4 Å². The Morgan fingerprint density at radius 1 is 1.39 bits per heavy atom. The van der Waals surface area contributed by atoms with Crippen LogP contribution in [-0.4, -0.2) is 46.5 Å². The van der Waals surface area contributed by atoms with Crippen molar-refractivity contribution >= 4 is 10.0 Å². The van der Waals surface area contributed by atoms with E-state index in [9.17, 15) is 8.42 Å². The maximum Gasteiger partial charge on any atom is 0.213 e. The summed E-state index contributed by atoms with van der Waals surface area (Å²) >= 11 is 0. The normalized spacial score (nSPS) is 20.7. The lowest BCUT2D eigenvalue weighted by Gasteiger charge is -2.12. The second-order valence-electron chi connectivity index (χ2n) is 5.26. The topological polar surface area (TPSA) is 67.4 Å². The standard InChI is InChI=1S/C12H26N2O3S/c1-11(2)5-8-17-9-7-14-18(15,16)10-12-4-3-6-13-12/h11-14H,3-10H2,1-2H3. The van der Waals surface area contributed by atoms with E-state index >= 15 is 0 Å². The fraction of sp³-hybridized carbons (Fsp3) is 1.00. The first-order chi connectivity index (χ1) is 8.49. The van der Waals surface area contributed by atoms with Gasteiger partial charge in [-0.15, -0.1) is 0 Å². The van der Waals surface area contributed by atoms with Crippen molar-refractivity contribution < 1.29 is 13.2 Å². The highest BCUT2D eigenvalue weighted by atomic mass is 32.2. The second kappa shape index (κ2) is 8.09. The molecule has 0 amide bonds. The average molecular weight is 278 g/mol. The molecule has 0 radical (unpaired) electrons. The van der Waals surface area contributed by atoms with Gasteiger partial charge in [-0.2, -0.15) is 0 Å². The maximum atomic E-state index is 11.7. The zero-order valence-electron chi connectivity index (χ0n) is 11.4. The molecule has 1 heterocycles. The summed E-state index contributed by atoms with van der Waals surface area (Å²) in [6, 6.07) is 0.115. The summed E-state index contributed by atoms with van der Waals surface area (Å²) < 4.78 is 31.4.